The van der Waals surface area contributed by atoms with Gasteiger partial charge in [-0.25, -0.2) is 0 Å². The molecule has 0 amide bonds. The molecule has 4 aromatic carbocycles. The molecule has 2 aliphatic rings. The standard InChI is InChI=1S/C52H67Si.Zr/c1-7-11-13-15-19-43-33-49-45(41-29-25-39(26-30-41)37(5)9-3)21-17-23-47(49)51(43)35-53-36-52-44(20-16-14-12-8-2)34-50-46(22-18-24-48(50)52)42-31-27-40(28-32-42)38(6)10-4;/h17-18,21-34,37-38,51-53H,7-16,19-20,35-36H2,1-6H3;. The van der Waals surface area contributed by atoms with Gasteiger partial charge in [0, 0.05) is 0 Å². The van der Waals surface area contributed by atoms with E-state index in [1.807, 2.05) is 23.9 Å². The molecule has 0 aromatic heterocycles. The normalized spacial score (nSPS) is 17.8. The van der Waals surface area contributed by atoms with E-state index in [1.165, 1.54) is 134 Å². The van der Waals surface area contributed by atoms with Crippen LogP contribution in [-0.2, 0) is 23.9 Å². The molecule has 2 aliphatic carbocycles. The van der Waals surface area contributed by atoms with Crippen LogP contribution in [0.1, 0.15) is 176 Å². The van der Waals surface area contributed by atoms with Crippen LogP contribution in [0.3, 0.4) is 0 Å². The van der Waals surface area contributed by atoms with Gasteiger partial charge in [0.05, 0.1) is 0 Å². The predicted octanol–water partition coefficient (Wildman–Crippen LogP) is 15.9. The zero-order valence-electron chi connectivity index (χ0n) is 34.5. The summed E-state index contributed by atoms with van der Waals surface area (Å²) in [6.45, 7) is 14.0. The molecule has 4 unspecified atom stereocenters. The molecular weight excluding hydrogens is 744 g/mol. The van der Waals surface area contributed by atoms with Gasteiger partial charge in [0.25, 0.3) is 0 Å². The molecule has 0 saturated carbocycles. The molecule has 54 heavy (non-hydrogen) atoms. The van der Waals surface area contributed by atoms with E-state index in [9.17, 15) is 0 Å². The molecule has 0 radical (unpaired) electrons. The van der Waals surface area contributed by atoms with Gasteiger partial charge in [-0.1, -0.05) is 13.8 Å². The zero-order valence-corrected chi connectivity index (χ0v) is 38.1. The first-order valence-electron chi connectivity index (χ1n) is 21.9. The summed E-state index contributed by atoms with van der Waals surface area (Å²) in [4.78, 5) is 0. The number of rotatable bonds is 20. The molecule has 0 heterocycles. The van der Waals surface area contributed by atoms with Crippen molar-refractivity contribution in [3.63, 3.8) is 0 Å². The quantitative estimate of drug-likeness (QED) is 0.0616. The molecule has 6 rings (SSSR count). The Morgan fingerprint density at radius 1 is 0.519 bits per heavy atom. The van der Waals surface area contributed by atoms with E-state index in [0.717, 1.165) is 0 Å². The van der Waals surface area contributed by atoms with Crippen molar-refractivity contribution < 1.29 is 23.9 Å². The Morgan fingerprint density at radius 2 is 0.926 bits per heavy atom. The van der Waals surface area contributed by atoms with Gasteiger partial charge in [0.1, 0.15) is 0 Å². The first-order valence-corrected chi connectivity index (χ1v) is 28.4. The summed E-state index contributed by atoms with van der Waals surface area (Å²) in [6.07, 6.45) is 20.9. The summed E-state index contributed by atoms with van der Waals surface area (Å²) >= 11 is 1.83. The molecule has 4 aromatic rings. The van der Waals surface area contributed by atoms with E-state index < -0.39 is 5.92 Å². The van der Waals surface area contributed by atoms with Crippen molar-refractivity contribution in [1.29, 1.82) is 0 Å². The van der Waals surface area contributed by atoms with Crippen LogP contribution in [0.4, 0.5) is 0 Å². The molecule has 2 heteroatoms. The van der Waals surface area contributed by atoms with Crippen molar-refractivity contribution in [2.45, 2.75) is 154 Å². The van der Waals surface area contributed by atoms with Gasteiger partial charge in [0.15, 0.2) is 0 Å². The molecule has 0 aliphatic heterocycles. The van der Waals surface area contributed by atoms with Gasteiger partial charge in [-0.2, -0.15) is 0 Å². The second kappa shape index (κ2) is 20.1. The van der Waals surface area contributed by atoms with Gasteiger partial charge in [-0.3, -0.25) is 0 Å². The zero-order chi connectivity index (χ0) is 38.0. The van der Waals surface area contributed by atoms with E-state index in [0.29, 0.717) is 23.7 Å². The number of benzene rings is 4. The summed E-state index contributed by atoms with van der Waals surface area (Å²) in [5, 5.41) is 0. The van der Waals surface area contributed by atoms with Crippen LogP contribution in [0.25, 0.3) is 34.4 Å². The number of unbranched alkanes of at least 4 members (excludes halogenated alkanes) is 6. The van der Waals surface area contributed by atoms with Crippen molar-refractivity contribution >= 4 is 18.1 Å². The Bertz CT molecular complexity index is 1720. The molecule has 283 valence electrons. The average Bonchev–Trinajstić information content (AvgIpc) is 3.74. The maximum atomic E-state index is 2.66. The van der Waals surface area contributed by atoms with Crippen LogP contribution in [0.5, 0.6) is 0 Å². The number of hydrogen-bond acceptors (Lipinski definition) is 0. The van der Waals surface area contributed by atoms with Gasteiger partial charge in [-0.05, 0) is 0 Å². The van der Waals surface area contributed by atoms with E-state index >= 15 is 0 Å². The van der Waals surface area contributed by atoms with E-state index in [-0.39, 0.29) is 0 Å². The third kappa shape index (κ3) is 9.69. The summed E-state index contributed by atoms with van der Waals surface area (Å²) in [6, 6.07) is 36.4. The summed E-state index contributed by atoms with van der Waals surface area (Å²) in [5.41, 5.74) is 18.3. The molecule has 0 bridgehead atoms. The van der Waals surface area contributed by atoms with Crippen LogP contribution in [0, 0.1) is 0 Å². The second-order valence-electron chi connectivity index (χ2n) is 16.8. The topological polar surface area (TPSA) is 0 Å². The molecule has 0 fully saturated rings. The molecule has 4 atom stereocenters. The van der Waals surface area contributed by atoms with Crippen molar-refractivity contribution in [2.24, 2.45) is 0 Å². The molecular formula is C52H67SiZr. The van der Waals surface area contributed by atoms with E-state index in [1.54, 1.807) is 22.3 Å². The summed E-state index contributed by atoms with van der Waals surface area (Å²) in [5.74, 6) is 1.41. The van der Waals surface area contributed by atoms with E-state index in [4.69, 9.17) is 0 Å². The van der Waals surface area contributed by atoms with Crippen molar-refractivity contribution in [3.8, 4) is 22.3 Å². The molecule has 0 saturated heterocycles. The van der Waals surface area contributed by atoms with Gasteiger partial charge in [0.2, 0.25) is 0 Å². The van der Waals surface area contributed by atoms with Gasteiger partial charge >= 0.3 is 334 Å². The monoisotopic (exact) mass is 809 g/mol. The minimum atomic E-state index is -1.01. The second-order valence-corrected chi connectivity index (χ2v) is 25.2. The Hall–Kier alpha value is -2.54. The minimum absolute atomic E-state index is 0.602. The molecule has 0 spiro atoms. The number of fused-ring (bicyclic) bond motifs is 2. The van der Waals surface area contributed by atoms with Crippen LogP contribution in [0.15, 0.2) is 96.1 Å². The van der Waals surface area contributed by atoms with E-state index in [2.05, 4.69) is 139 Å². The van der Waals surface area contributed by atoms with Crippen molar-refractivity contribution in [3.05, 3.63) is 129 Å². The Labute approximate surface area is 345 Å². The average molecular weight is 811 g/mol. The SMILES string of the molecule is CCCCCCC1=Cc2c(-c3ccc(C(C)CC)cc3)cccc2C1C[SiH]([Zr])CC1C(CCCCCC)=Cc2c(-c3ccc(C(C)CC)cc3)cccc21. The summed E-state index contributed by atoms with van der Waals surface area (Å²) in [7, 11) is 0. The van der Waals surface area contributed by atoms with Crippen LogP contribution < -0.4 is 0 Å². The number of allylic oxidation sites excluding steroid dienone is 2. The van der Waals surface area contributed by atoms with Crippen molar-refractivity contribution in [2.75, 3.05) is 0 Å². The van der Waals surface area contributed by atoms with Gasteiger partial charge in [-0.15, -0.1) is 0 Å². The first kappa shape index (κ1) is 41.1. The number of hydrogen-bond donors (Lipinski definition) is 0. The fourth-order valence-corrected chi connectivity index (χ4v) is 15.2. The van der Waals surface area contributed by atoms with Gasteiger partial charge < -0.3 is 0 Å². The predicted molar refractivity (Wildman–Crippen MR) is 237 cm³/mol. The van der Waals surface area contributed by atoms with Crippen LogP contribution in [0.2, 0.25) is 12.1 Å². The van der Waals surface area contributed by atoms with Crippen molar-refractivity contribution in [1.82, 2.24) is 0 Å². The Balaban J connectivity index is 1.27. The first-order chi connectivity index (χ1) is 26.4. The fourth-order valence-electron chi connectivity index (χ4n) is 9.25. The Morgan fingerprint density at radius 3 is 1.30 bits per heavy atom. The Kier molecular flexibility index (Phi) is 15.3. The van der Waals surface area contributed by atoms with Crippen LogP contribution >= 0.6 is 0 Å². The summed E-state index contributed by atoms with van der Waals surface area (Å²) < 4.78 is 0. The molecule has 0 nitrogen and oxygen atoms in total. The van der Waals surface area contributed by atoms with Crippen LogP contribution in [-0.4, -0.2) is 5.92 Å². The maximum absolute atomic E-state index is 2.66. The third-order valence-corrected chi connectivity index (χ3v) is 18.6. The molecule has 0 N–H and O–H groups in total. The fraction of sp³-hybridized carbons (Fsp3) is 0.462. The third-order valence-electron chi connectivity index (χ3n) is 13.1.